The molecule has 0 rings (SSSR count). The second-order valence-electron chi connectivity index (χ2n) is 18.1. The molecule has 0 spiro atoms. The van der Waals surface area contributed by atoms with Crippen LogP contribution in [0.3, 0.4) is 0 Å². The van der Waals surface area contributed by atoms with Gasteiger partial charge in [-0.1, -0.05) is 250 Å². The topological polar surface area (TPSA) is 78.9 Å². The zero-order valence-corrected chi connectivity index (χ0v) is 41.4. The molecule has 0 radical (unpaired) electrons. The molecular formula is C56H102O6. The van der Waals surface area contributed by atoms with Gasteiger partial charge >= 0.3 is 17.9 Å². The van der Waals surface area contributed by atoms with Crippen molar-refractivity contribution in [2.45, 2.75) is 290 Å². The molecule has 1 unspecified atom stereocenters. The Hall–Kier alpha value is -2.37. The van der Waals surface area contributed by atoms with E-state index in [0.717, 1.165) is 77.0 Å². The number of unbranched alkanes of at least 4 members (excludes halogenated alkanes) is 32. The van der Waals surface area contributed by atoms with Crippen molar-refractivity contribution >= 4 is 17.9 Å². The Kier molecular flexibility index (Phi) is 49.3. The molecule has 6 heteroatoms. The first-order valence-corrected chi connectivity index (χ1v) is 27.0. The highest BCUT2D eigenvalue weighted by Gasteiger charge is 2.19. The van der Waals surface area contributed by atoms with Crippen LogP contribution in [0.15, 0.2) is 36.5 Å². The first-order valence-electron chi connectivity index (χ1n) is 27.0. The van der Waals surface area contributed by atoms with Gasteiger partial charge in [0.2, 0.25) is 0 Å². The zero-order valence-electron chi connectivity index (χ0n) is 41.4. The van der Waals surface area contributed by atoms with Gasteiger partial charge in [-0.3, -0.25) is 14.4 Å². The van der Waals surface area contributed by atoms with Gasteiger partial charge in [-0.2, -0.15) is 0 Å². The number of allylic oxidation sites excluding steroid dienone is 6. The molecule has 62 heavy (non-hydrogen) atoms. The summed E-state index contributed by atoms with van der Waals surface area (Å²) in [4.78, 5) is 38.0. The molecular weight excluding hydrogens is 769 g/mol. The van der Waals surface area contributed by atoms with Gasteiger partial charge in [0.15, 0.2) is 6.10 Å². The van der Waals surface area contributed by atoms with Crippen molar-refractivity contribution in [3.63, 3.8) is 0 Å². The smallest absolute Gasteiger partial charge is 0.306 e. The molecule has 0 aromatic carbocycles. The molecule has 0 fully saturated rings. The molecule has 0 heterocycles. The highest BCUT2D eigenvalue weighted by atomic mass is 16.6. The lowest BCUT2D eigenvalue weighted by Crippen LogP contribution is -2.30. The minimum absolute atomic E-state index is 0.0693. The summed E-state index contributed by atoms with van der Waals surface area (Å²) in [5.74, 6) is -0.862. The number of carbonyl (C=O) groups excluding carboxylic acids is 3. The van der Waals surface area contributed by atoms with Crippen LogP contribution < -0.4 is 0 Å². The lowest BCUT2D eigenvalue weighted by molar-refractivity contribution is -0.167. The fourth-order valence-electron chi connectivity index (χ4n) is 7.87. The van der Waals surface area contributed by atoms with Crippen LogP contribution in [0.4, 0.5) is 0 Å². The summed E-state index contributed by atoms with van der Waals surface area (Å²) < 4.78 is 16.8. The number of carbonyl (C=O) groups is 3. The first kappa shape index (κ1) is 59.6. The molecule has 6 nitrogen and oxygen atoms in total. The van der Waals surface area contributed by atoms with Gasteiger partial charge in [0.1, 0.15) is 13.2 Å². The summed E-state index contributed by atoms with van der Waals surface area (Å²) in [5, 5.41) is 0. The Labute approximate surface area is 385 Å². The predicted molar refractivity (Wildman–Crippen MR) is 266 cm³/mol. The molecule has 0 saturated heterocycles. The Balaban J connectivity index is 4.29. The normalized spacial score (nSPS) is 12.2. The van der Waals surface area contributed by atoms with Crippen LogP contribution in [0, 0.1) is 0 Å². The van der Waals surface area contributed by atoms with Gasteiger partial charge < -0.3 is 14.2 Å². The molecule has 0 aliphatic heterocycles. The highest BCUT2D eigenvalue weighted by Crippen LogP contribution is 2.16. The first-order chi connectivity index (χ1) is 30.5. The van der Waals surface area contributed by atoms with E-state index in [2.05, 4.69) is 57.2 Å². The molecule has 0 saturated carbocycles. The number of hydrogen-bond donors (Lipinski definition) is 0. The van der Waals surface area contributed by atoms with Crippen molar-refractivity contribution in [1.82, 2.24) is 0 Å². The maximum absolute atomic E-state index is 12.8. The predicted octanol–water partition coefficient (Wildman–Crippen LogP) is 17.7. The van der Waals surface area contributed by atoms with Gasteiger partial charge in [0, 0.05) is 19.3 Å². The second kappa shape index (κ2) is 51.3. The molecule has 0 amide bonds. The SMILES string of the molecule is CC/C=C\C/C=C\C/C=C\CCCCCCCCCCCC(=O)OCC(COC(=O)CCCCCCCCCCCC)OC(=O)CCCCCCCCCCCCCCCCC. The minimum atomic E-state index is -0.768. The van der Waals surface area contributed by atoms with Crippen molar-refractivity contribution in [2.75, 3.05) is 13.2 Å². The van der Waals surface area contributed by atoms with Gasteiger partial charge in [-0.05, 0) is 51.4 Å². The third kappa shape index (κ3) is 48.7. The summed E-state index contributed by atoms with van der Waals surface area (Å²) in [7, 11) is 0. The third-order valence-corrected chi connectivity index (χ3v) is 11.9. The molecule has 0 bridgehead atoms. The maximum atomic E-state index is 12.8. The van der Waals surface area contributed by atoms with Crippen LogP contribution in [0.1, 0.15) is 284 Å². The number of esters is 3. The summed E-state index contributed by atoms with van der Waals surface area (Å²) in [6.45, 7) is 6.54. The van der Waals surface area contributed by atoms with Gasteiger partial charge in [0.05, 0.1) is 0 Å². The molecule has 0 aromatic rings. The Morgan fingerprint density at radius 2 is 0.629 bits per heavy atom. The fourth-order valence-corrected chi connectivity index (χ4v) is 7.87. The Morgan fingerprint density at radius 3 is 0.984 bits per heavy atom. The lowest BCUT2D eigenvalue weighted by atomic mass is 10.0. The molecule has 0 aliphatic carbocycles. The average molecular weight is 871 g/mol. The van der Waals surface area contributed by atoms with Crippen molar-refractivity contribution in [3.05, 3.63) is 36.5 Å². The van der Waals surface area contributed by atoms with Crippen molar-refractivity contribution in [3.8, 4) is 0 Å². The molecule has 0 N–H and O–H groups in total. The lowest BCUT2D eigenvalue weighted by Gasteiger charge is -2.18. The van der Waals surface area contributed by atoms with E-state index in [1.54, 1.807) is 0 Å². The zero-order chi connectivity index (χ0) is 45.1. The monoisotopic (exact) mass is 871 g/mol. The second-order valence-corrected chi connectivity index (χ2v) is 18.1. The van der Waals surface area contributed by atoms with Crippen LogP contribution in [-0.4, -0.2) is 37.2 Å². The van der Waals surface area contributed by atoms with E-state index >= 15 is 0 Å². The number of hydrogen-bond acceptors (Lipinski definition) is 6. The fraction of sp³-hybridized carbons (Fsp3) is 0.839. The number of rotatable bonds is 49. The maximum Gasteiger partial charge on any atom is 0.306 e. The van der Waals surface area contributed by atoms with Gasteiger partial charge in [0.25, 0.3) is 0 Å². The number of ether oxygens (including phenoxy) is 3. The van der Waals surface area contributed by atoms with Crippen molar-refractivity contribution in [1.29, 1.82) is 0 Å². The highest BCUT2D eigenvalue weighted by molar-refractivity contribution is 5.71. The summed E-state index contributed by atoms with van der Waals surface area (Å²) in [5.41, 5.74) is 0. The van der Waals surface area contributed by atoms with Crippen LogP contribution in [0.2, 0.25) is 0 Å². The Morgan fingerprint density at radius 1 is 0.339 bits per heavy atom. The summed E-state index contributed by atoms with van der Waals surface area (Å²) in [6.07, 6.45) is 59.9. The van der Waals surface area contributed by atoms with E-state index in [1.165, 1.54) is 167 Å². The third-order valence-electron chi connectivity index (χ3n) is 11.9. The van der Waals surface area contributed by atoms with Crippen molar-refractivity contribution in [2.24, 2.45) is 0 Å². The standard InChI is InChI=1S/C56H102O6/c1-4-7-10-13-16-19-22-24-26-27-28-29-31-32-34-37-40-43-46-49-55(58)61-52-53(51-60-54(57)48-45-42-39-36-21-18-15-12-9-6-3)62-56(59)50-47-44-41-38-35-33-30-25-23-20-17-14-11-8-5-2/h7,10,16,19,24,26,53H,4-6,8-9,11-15,17-18,20-23,25,27-52H2,1-3H3/b10-7-,19-16-,26-24-. The van der Waals surface area contributed by atoms with E-state index in [-0.39, 0.29) is 31.1 Å². The quantitative estimate of drug-likeness (QED) is 0.0262. The van der Waals surface area contributed by atoms with Gasteiger partial charge in [-0.15, -0.1) is 0 Å². The molecule has 362 valence electrons. The van der Waals surface area contributed by atoms with E-state index in [1.807, 2.05) is 0 Å². The van der Waals surface area contributed by atoms with Crippen LogP contribution in [0.25, 0.3) is 0 Å². The van der Waals surface area contributed by atoms with E-state index < -0.39 is 6.10 Å². The van der Waals surface area contributed by atoms with Crippen LogP contribution in [0.5, 0.6) is 0 Å². The summed E-state index contributed by atoms with van der Waals surface area (Å²) in [6, 6.07) is 0. The average Bonchev–Trinajstić information content (AvgIpc) is 3.27. The summed E-state index contributed by atoms with van der Waals surface area (Å²) >= 11 is 0. The van der Waals surface area contributed by atoms with Gasteiger partial charge in [-0.25, -0.2) is 0 Å². The van der Waals surface area contributed by atoms with Crippen molar-refractivity contribution < 1.29 is 28.6 Å². The van der Waals surface area contributed by atoms with E-state index in [0.29, 0.717) is 19.3 Å². The largest absolute Gasteiger partial charge is 0.462 e. The Bertz CT molecular complexity index is 1050. The molecule has 0 aliphatic rings. The minimum Gasteiger partial charge on any atom is -0.462 e. The molecule has 1 atom stereocenters. The van der Waals surface area contributed by atoms with Crippen LogP contribution in [-0.2, 0) is 28.6 Å². The van der Waals surface area contributed by atoms with Crippen LogP contribution >= 0.6 is 0 Å². The molecule has 0 aromatic heterocycles. The van der Waals surface area contributed by atoms with E-state index in [4.69, 9.17) is 14.2 Å². The van der Waals surface area contributed by atoms with E-state index in [9.17, 15) is 14.4 Å².